The maximum Gasteiger partial charge on any atom is 0.167 e. The molecule has 1 saturated carbocycles. The van der Waals surface area contributed by atoms with E-state index in [4.69, 9.17) is 10.5 Å². The number of nitrogens with two attached hydrogens (primary N) is 1. The van der Waals surface area contributed by atoms with Crippen molar-refractivity contribution in [3.05, 3.63) is 17.9 Å². The minimum atomic E-state index is -0.717. The van der Waals surface area contributed by atoms with Crippen LogP contribution in [0, 0.1) is 11.7 Å². The Bertz CT molecular complexity index is 481. The Morgan fingerprint density at radius 2 is 2.30 bits per heavy atom. The van der Waals surface area contributed by atoms with E-state index in [-0.39, 0.29) is 5.75 Å². The molecule has 20 heavy (non-hydrogen) atoms. The van der Waals surface area contributed by atoms with Gasteiger partial charge in [0.25, 0.3) is 0 Å². The van der Waals surface area contributed by atoms with Gasteiger partial charge in [0, 0.05) is 18.7 Å². The Morgan fingerprint density at radius 1 is 1.55 bits per heavy atom. The topological polar surface area (TPSA) is 67.5 Å². The van der Waals surface area contributed by atoms with Gasteiger partial charge in [-0.2, -0.15) is 0 Å². The summed E-state index contributed by atoms with van der Waals surface area (Å²) in [6, 6.07) is 2.76. The third-order valence-corrected chi connectivity index (χ3v) is 4.00. The maximum absolute atomic E-state index is 13.5. The van der Waals surface area contributed by atoms with Crippen molar-refractivity contribution >= 4 is 11.4 Å². The van der Waals surface area contributed by atoms with Gasteiger partial charge in [-0.25, -0.2) is 4.39 Å². The second kappa shape index (κ2) is 5.87. The lowest BCUT2D eigenvalue weighted by molar-refractivity contribution is -0.000751. The lowest BCUT2D eigenvalue weighted by Crippen LogP contribution is -2.41. The predicted molar refractivity (Wildman–Crippen MR) is 78.4 cm³/mol. The molecule has 0 amide bonds. The number of benzene rings is 1. The molecule has 2 rings (SSSR count). The summed E-state index contributed by atoms with van der Waals surface area (Å²) in [6.07, 6.45) is 3.75. The first-order valence-corrected chi connectivity index (χ1v) is 7.03. The number of rotatable bonds is 4. The molecular weight excluding hydrogens is 259 g/mol. The van der Waals surface area contributed by atoms with Gasteiger partial charge in [0.2, 0.25) is 0 Å². The summed E-state index contributed by atoms with van der Waals surface area (Å²) in [5.74, 6) is 0.182. The van der Waals surface area contributed by atoms with Crippen LogP contribution in [0.4, 0.5) is 15.8 Å². The van der Waals surface area contributed by atoms with Gasteiger partial charge >= 0.3 is 0 Å². The summed E-state index contributed by atoms with van der Waals surface area (Å²) in [6.45, 7) is 2.57. The van der Waals surface area contributed by atoms with E-state index in [1.807, 2.05) is 0 Å². The molecular formula is C15H23FN2O2. The van der Waals surface area contributed by atoms with Gasteiger partial charge in [0.15, 0.2) is 11.6 Å². The molecule has 1 aliphatic rings. The number of hydrogen-bond donors (Lipinski definition) is 3. The summed E-state index contributed by atoms with van der Waals surface area (Å²) < 4.78 is 18.4. The fourth-order valence-electron chi connectivity index (χ4n) is 2.93. The molecule has 0 heterocycles. The molecule has 0 spiro atoms. The molecule has 1 aromatic carbocycles. The minimum absolute atomic E-state index is 0.144. The van der Waals surface area contributed by atoms with Crippen molar-refractivity contribution in [2.45, 2.75) is 38.2 Å². The van der Waals surface area contributed by atoms with Crippen LogP contribution in [-0.2, 0) is 0 Å². The van der Waals surface area contributed by atoms with Crippen LogP contribution in [0.1, 0.15) is 32.6 Å². The van der Waals surface area contributed by atoms with Crippen molar-refractivity contribution in [2.75, 3.05) is 24.7 Å². The Kier molecular flexibility index (Phi) is 4.38. The van der Waals surface area contributed by atoms with Crippen LogP contribution in [-0.4, -0.2) is 24.4 Å². The minimum Gasteiger partial charge on any atom is -0.494 e. The van der Waals surface area contributed by atoms with Crippen LogP contribution in [0.3, 0.4) is 0 Å². The summed E-state index contributed by atoms with van der Waals surface area (Å²) in [7, 11) is 1.41. The van der Waals surface area contributed by atoms with Gasteiger partial charge in [-0.05, 0) is 18.8 Å². The highest BCUT2D eigenvalue weighted by Crippen LogP contribution is 2.34. The highest BCUT2D eigenvalue weighted by atomic mass is 19.1. The average Bonchev–Trinajstić information content (AvgIpc) is 2.37. The van der Waals surface area contributed by atoms with E-state index in [0.29, 0.717) is 23.8 Å². The van der Waals surface area contributed by atoms with Gasteiger partial charge in [0.1, 0.15) is 0 Å². The highest BCUT2D eigenvalue weighted by Gasteiger charge is 2.32. The molecule has 2 unspecified atom stereocenters. The molecule has 0 bridgehead atoms. The Labute approximate surface area is 119 Å². The Morgan fingerprint density at radius 3 is 2.95 bits per heavy atom. The number of ether oxygens (including phenoxy) is 1. The van der Waals surface area contributed by atoms with E-state index in [2.05, 4.69) is 12.2 Å². The second-order valence-electron chi connectivity index (χ2n) is 5.85. The monoisotopic (exact) mass is 282 g/mol. The van der Waals surface area contributed by atoms with Gasteiger partial charge < -0.3 is 20.9 Å². The molecule has 1 aliphatic carbocycles. The summed E-state index contributed by atoms with van der Waals surface area (Å²) in [4.78, 5) is 0. The molecule has 4 nitrogen and oxygen atoms in total. The molecule has 5 heteroatoms. The molecule has 1 fully saturated rings. The molecule has 112 valence electrons. The van der Waals surface area contributed by atoms with Crippen LogP contribution >= 0.6 is 0 Å². The molecule has 0 aliphatic heterocycles. The van der Waals surface area contributed by atoms with Crippen molar-refractivity contribution in [2.24, 2.45) is 5.92 Å². The number of hydrogen-bond acceptors (Lipinski definition) is 4. The van der Waals surface area contributed by atoms with E-state index in [9.17, 15) is 9.50 Å². The zero-order valence-electron chi connectivity index (χ0n) is 12.1. The first-order valence-electron chi connectivity index (χ1n) is 7.03. The summed E-state index contributed by atoms with van der Waals surface area (Å²) >= 11 is 0. The predicted octanol–water partition coefficient (Wildman–Crippen LogP) is 2.77. The fourth-order valence-corrected chi connectivity index (χ4v) is 2.93. The van der Waals surface area contributed by atoms with E-state index in [1.165, 1.54) is 19.2 Å². The maximum atomic E-state index is 13.5. The summed E-state index contributed by atoms with van der Waals surface area (Å²) in [5.41, 5.74) is 5.98. The third kappa shape index (κ3) is 3.33. The van der Waals surface area contributed by atoms with Gasteiger partial charge in [0.05, 0.1) is 24.1 Å². The van der Waals surface area contributed by atoms with E-state index < -0.39 is 11.4 Å². The number of anilines is 2. The van der Waals surface area contributed by atoms with E-state index >= 15 is 0 Å². The van der Waals surface area contributed by atoms with Crippen molar-refractivity contribution in [3.8, 4) is 5.75 Å². The van der Waals surface area contributed by atoms with Crippen molar-refractivity contribution in [3.63, 3.8) is 0 Å². The number of aliphatic hydroxyl groups is 1. The number of methoxy groups -OCH3 is 1. The highest BCUT2D eigenvalue weighted by molar-refractivity contribution is 5.68. The van der Waals surface area contributed by atoms with Crippen LogP contribution in [0.15, 0.2) is 12.1 Å². The average molecular weight is 282 g/mol. The largest absolute Gasteiger partial charge is 0.494 e. The van der Waals surface area contributed by atoms with Crippen molar-refractivity contribution in [1.82, 2.24) is 0 Å². The lowest BCUT2D eigenvalue weighted by Gasteiger charge is -2.36. The second-order valence-corrected chi connectivity index (χ2v) is 5.85. The van der Waals surface area contributed by atoms with Crippen LogP contribution < -0.4 is 15.8 Å². The fraction of sp³-hybridized carbons (Fsp3) is 0.600. The molecule has 0 aromatic heterocycles. The molecule has 4 N–H and O–H groups in total. The SMILES string of the molecule is COc1cc(NCC2(O)CCCC(C)C2)c(N)cc1F. The van der Waals surface area contributed by atoms with Crippen LogP contribution in [0.25, 0.3) is 0 Å². The molecule has 1 aromatic rings. The van der Waals surface area contributed by atoms with Gasteiger partial charge in [-0.3, -0.25) is 0 Å². The summed E-state index contributed by atoms with van der Waals surface area (Å²) in [5, 5.41) is 13.7. The molecule has 0 radical (unpaired) electrons. The van der Waals surface area contributed by atoms with E-state index in [0.717, 1.165) is 25.7 Å². The first kappa shape index (κ1) is 14.9. The smallest absolute Gasteiger partial charge is 0.167 e. The number of nitrogen functional groups attached to an aromatic ring is 1. The quantitative estimate of drug-likeness (QED) is 0.743. The first-order chi connectivity index (χ1) is 9.43. The van der Waals surface area contributed by atoms with Crippen molar-refractivity contribution in [1.29, 1.82) is 0 Å². The molecule has 0 saturated heterocycles. The zero-order chi connectivity index (χ0) is 14.8. The zero-order valence-corrected chi connectivity index (χ0v) is 12.1. The van der Waals surface area contributed by atoms with E-state index in [1.54, 1.807) is 0 Å². The normalized spacial score (nSPS) is 26.3. The Hall–Kier alpha value is -1.49. The number of halogens is 1. The third-order valence-electron chi connectivity index (χ3n) is 4.00. The van der Waals surface area contributed by atoms with Crippen LogP contribution in [0.2, 0.25) is 0 Å². The standard InChI is InChI=1S/C15H23FN2O2/c1-10-4-3-5-15(19,8-10)9-18-13-7-14(20-2)11(16)6-12(13)17/h6-7,10,18-19H,3-5,8-9,17H2,1-2H3. The van der Waals surface area contributed by atoms with Crippen molar-refractivity contribution < 1.29 is 14.2 Å². The number of nitrogens with one attached hydrogen (secondary N) is 1. The van der Waals surface area contributed by atoms with Crippen LogP contribution in [0.5, 0.6) is 5.75 Å². The lowest BCUT2D eigenvalue weighted by atomic mass is 9.79. The molecule has 2 atom stereocenters. The van der Waals surface area contributed by atoms with Gasteiger partial charge in [-0.1, -0.05) is 19.8 Å². The van der Waals surface area contributed by atoms with Gasteiger partial charge in [-0.15, -0.1) is 0 Å². The Balaban J connectivity index is 2.07.